The zero-order chi connectivity index (χ0) is 19.5. The average molecular weight is 389 g/mol. The highest BCUT2D eigenvalue weighted by Crippen LogP contribution is 2.46. The van der Waals surface area contributed by atoms with E-state index in [-0.39, 0.29) is 5.57 Å². The Kier molecular flexibility index (Phi) is 11.5. The standard InChI is InChI=1S/C16H15ClF2OS.2C2H6/c1-2-14(19)10-12(11-18)16(8-3-9-16)21(20)15-6-4-13(17)5-7-15;2*1-2/h2,4-7,10-11H,1,3,8-9H2;2*1-2H3/b12-11-,14-10+;;. The lowest BCUT2D eigenvalue weighted by atomic mass is 9.78. The van der Waals surface area contributed by atoms with Crippen LogP contribution in [-0.2, 0) is 10.8 Å². The summed E-state index contributed by atoms with van der Waals surface area (Å²) in [6, 6.07) is 6.59. The highest BCUT2D eigenvalue weighted by atomic mass is 35.5. The Bertz CT molecular complexity index is 617. The first-order chi connectivity index (χ1) is 12.0. The van der Waals surface area contributed by atoms with E-state index >= 15 is 0 Å². The molecule has 5 heteroatoms. The highest BCUT2D eigenvalue weighted by molar-refractivity contribution is 7.86. The van der Waals surface area contributed by atoms with E-state index in [0.717, 1.165) is 18.6 Å². The van der Waals surface area contributed by atoms with E-state index in [0.29, 0.717) is 29.1 Å². The van der Waals surface area contributed by atoms with Crippen LogP contribution in [0.5, 0.6) is 0 Å². The topological polar surface area (TPSA) is 17.1 Å². The lowest BCUT2D eigenvalue weighted by Crippen LogP contribution is -2.43. The van der Waals surface area contributed by atoms with Crippen LogP contribution in [0.3, 0.4) is 0 Å². The molecular formula is C20H27ClF2OS. The molecule has 0 saturated heterocycles. The van der Waals surface area contributed by atoms with Crippen LogP contribution in [0, 0.1) is 0 Å². The van der Waals surface area contributed by atoms with Gasteiger partial charge in [0.25, 0.3) is 0 Å². The van der Waals surface area contributed by atoms with Crippen LogP contribution in [0.25, 0.3) is 0 Å². The molecule has 1 atom stereocenters. The van der Waals surface area contributed by atoms with Gasteiger partial charge in [0.1, 0.15) is 5.83 Å². The molecule has 1 unspecified atom stereocenters. The van der Waals surface area contributed by atoms with Crippen molar-refractivity contribution in [1.29, 1.82) is 0 Å². The zero-order valence-electron chi connectivity index (χ0n) is 15.3. The maximum Gasteiger partial charge on any atom is 0.123 e. The number of hydrogen-bond acceptors (Lipinski definition) is 1. The van der Waals surface area contributed by atoms with Gasteiger partial charge in [-0.05, 0) is 55.7 Å². The zero-order valence-corrected chi connectivity index (χ0v) is 16.9. The van der Waals surface area contributed by atoms with Gasteiger partial charge in [0.2, 0.25) is 0 Å². The molecule has 1 fully saturated rings. The molecule has 0 aliphatic heterocycles. The number of allylic oxidation sites excluding steroid dienone is 3. The minimum Gasteiger partial charge on any atom is -0.253 e. The lowest BCUT2D eigenvalue weighted by Gasteiger charge is -2.41. The lowest BCUT2D eigenvalue weighted by molar-refractivity contribution is 0.399. The quantitative estimate of drug-likeness (QED) is 0.483. The molecule has 1 aliphatic carbocycles. The Morgan fingerprint density at radius 2 is 1.72 bits per heavy atom. The molecule has 0 N–H and O–H groups in total. The van der Waals surface area contributed by atoms with Gasteiger partial charge < -0.3 is 0 Å². The third-order valence-electron chi connectivity index (χ3n) is 3.68. The van der Waals surface area contributed by atoms with Crippen molar-refractivity contribution >= 4 is 22.4 Å². The molecule has 2 rings (SSSR count). The molecule has 0 spiro atoms. The Balaban J connectivity index is 0.00000134. The van der Waals surface area contributed by atoms with Gasteiger partial charge in [0.15, 0.2) is 0 Å². The monoisotopic (exact) mass is 388 g/mol. The van der Waals surface area contributed by atoms with Crippen LogP contribution in [0.15, 0.2) is 65.6 Å². The van der Waals surface area contributed by atoms with Crippen LogP contribution in [-0.4, -0.2) is 8.96 Å². The molecule has 140 valence electrons. The van der Waals surface area contributed by atoms with Gasteiger partial charge in [-0.3, -0.25) is 4.21 Å². The summed E-state index contributed by atoms with van der Waals surface area (Å²) in [5.41, 5.74) is 0.111. The van der Waals surface area contributed by atoms with Gasteiger partial charge in [-0.25, -0.2) is 8.78 Å². The SMILES string of the molecule is C=C/C(F)=C\C(=C\F)C1(S(=O)c2ccc(Cl)cc2)CCC1.CC.CC. The van der Waals surface area contributed by atoms with Crippen LogP contribution < -0.4 is 0 Å². The second-order valence-corrected chi connectivity index (χ2v) is 7.10. The largest absolute Gasteiger partial charge is 0.253 e. The molecular weight excluding hydrogens is 362 g/mol. The predicted octanol–water partition coefficient (Wildman–Crippen LogP) is 7.32. The van der Waals surface area contributed by atoms with Crippen molar-refractivity contribution in [2.75, 3.05) is 0 Å². The van der Waals surface area contributed by atoms with Gasteiger partial charge in [0, 0.05) is 15.5 Å². The van der Waals surface area contributed by atoms with E-state index in [1.807, 2.05) is 27.7 Å². The van der Waals surface area contributed by atoms with Gasteiger partial charge >= 0.3 is 0 Å². The maximum absolute atomic E-state index is 13.4. The number of rotatable bonds is 5. The van der Waals surface area contributed by atoms with Crippen LogP contribution >= 0.6 is 11.6 Å². The summed E-state index contributed by atoms with van der Waals surface area (Å²) >= 11 is 5.82. The van der Waals surface area contributed by atoms with Crippen LogP contribution in [0.2, 0.25) is 5.02 Å². The number of hydrogen-bond donors (Lipinski definition) is 0. The van der Waals surface area contributed by atoms with Gasteiger partial charge in [-0.2, -0.15) is 0 Å². The Morgan fingerprint density at radius 1 is 1.20 bits per heavy atom. The molecule has 1 aliphatic rings. The van der Waals surface area contributed by atoms with E-state index in [2.05, 4.69) is 6.58 Å². The minimum atomic E-state index is -1.47. The Morgan fingerprint density at radius 3 is 2.08 bits per heavy atom. The average Bonchev–Trinajstić information content (AvgIpc) is 2.63. The van der Waals surface area contributed by atoms with Crippen molar-refractivity contribution in [2.45, 2.75) is 56.6 Å². The van der Waals surface area contributed by atoms with Crippen molar-refractivity contribution in [3.05, 3.63) is 65.7 Å². The molecule has 0 amide bonds. The molecule has 0 aromatic heterocycles. The summed E-state index contributed by atoms with van der Waals surface area (Å²) in [5, 5.41) is 0.539. The first-order valence-corrected chi connectivity index (χ1v) is 10.0. The van der Waals surface area contributed by atoms with E-state index in [9.17, 15) is 13.0 Å². The first-order valence-electron chi connectivity index (χ1n) is 8.51. The molecule has 25 heavy (non-hydrogen) atoms. The molecule has 1 saturated carbocycles. The van der Waals surface area contributed by atoms with E-state index in [4.69, 9.17) is 11.6 Å². The van der Waals surface area contributed by atoms with Gasteiger partial charge in [0.05, 0.1) is 21.9 Å². The van der Waals surface area contributed by atoms with Crippen molar-refractivity contribution < 1.29 is 13.0 Å². The van der Waals surface area contributed by atoms with Crippen LogP contribution in [0.1, 0.15) is 47.0 Å². The van der Waals surface area contributed by atoms with E-state index in [1.165, 1.54) is 0 Å². The third-order valence-corrected chi connectivity index (χ3v) is 5.98. The van der Waals surface area contributed by atoms with Crippen molar-refractivity contribution in [3.8, 4) is 0 Å². The summed E-state index contributed by atoms with van der Waals surface area (Å²) in [4.78, 5) is 0.561. The Hall–Kier alpha value is -1.26. The molecule has 0 heterocycles. The summed E-state index contributed by atoms with van der Waals surface area (Å²) in [6.45, 7) is 11.3. The summed E-state index contributed by atoms with van der Waals surface area (Å²) in [7, 11) is -1.47. The predicted molar refractivity (Wildman–Crippen MR) is 106 cm³/mol. The molecule has 1 aromatic carbocycles. The molecule has 0 bridgehead atoms. The molecule has 1 aromatic rings. The second kappa shape index (κ2) is 12.2. The van der Waals surface area contributed by atoms with E-state index in [1.54, 1.807) is 24.3 Å². The van der Waals surface area contributed by atoms with Crippen molar-refractivity contribution in [3.63, 3.8) is 0 Å². The van der Waals surface area contributed by atoms with Crippen molar-refractivity contribution in [1.82, 2.24) is 0 Å². The fourth-order valence-electron chi connectivity index (χ4n) is 2.33. The summed E-state index contributed by atoms with van der Waals surface area (Å²) in [6.07, 6.45) is 4.36. The smallest absolute Gasteiger partial charge is 0.123 e. The maximum atomic E-state index is 13.4. The Labute approximate surface area is 157 Å². The molecule has 1 nitrogen and oxygen atoms in total. The van der Waals surface area contributed by atoms with Crippen molar-refractivity contribution in [2.24, 2.45) is 0 Å². The number of halogens is 3. The van der Waals surface area contributed by atoms with E-state index < -0.39 is 21.4 Å². The van der Waals surface area contributed by atoms with Gasteiger partial charge in [-0.15, -0.1) is 0 Å². The van der Waals surface area contributed by atoms with Gasteiger partial charge in [-0.1, -0.05) is 45.9 Å². The number of benzene rings is 1. The fourth-order valence-corrected chi connectivity index (χ4v) is 4.27. The minimum absolute atomic E-state index is 0.111. The van der Waals surface area contributed by atoms with Crippen LogP contribution in [0.4, 0.5) is 8.78 Å². The molecule has 0 radical (unpaired) electrons. The summed E-state index contributed by atoms with van der Waals surface area (Å²) < 4.78 is 38.6. The summed E-state index contributed by atoms with van der Waals surface area (Å²) in [5.74, 6) is -0.640. The highest BCUT2D eigenvalue weighted by Gasteiger charge is 2.46. The fraction of sp³-hybridized carbons (Fsp3) is 0.400. The first kappa shape index (κ1) is 23.7. The normalized spacial score (nSPS) is 17.1. The third kappa shape index (κ3) is 5.89. The second-order valence-electron chi connectivity index (χ2n) is 4.87.